The molecule has 8 nitrogen and oxygen atoms in total. The predicted molar refractivity (Wildman–Crippen MR) is 106 cm³/mol. The van der Waals surface area contributed by atoms with Gasteiger partial charge in [0.05, 0.1) is 13.7 Å². The van der Waals surface area contributed by atoms with Crippen LogP contribution in [0.4, 0.5) is 5.69 Å². The molecule has 2 rings (SSSR count). The number of rotatable bonds is 9. The molecule has 148 valence electrons. The zero-order chi connectivity index (χ0) is 19.6. The highest BCUT2D eigenvalue weighted by atomic mass is 16.5. The minimum Gasteiger partial charge on any atom is -0.493 e. The Morgan fingerprint density at radius 3 is 2.74 bits per heavy atom. The molecular formula is C19H29N5O3. The molecule has 0 saturated heterocycles. The molecule has 27 heavy (non-hydrogen) atoms. The quantitative estimate of drug-likeness (QED) is 0.395. The molecule has 0 spiro atoms. The number of hydrogen-bond acceptors (Lipinski definition) is 6. The molecule has 1 aromatic carbocycles. The van der Waals surface area contributed by atoms with Crippen molar-refractivity contribution < 1.29 is 14.0 Å². The van der Waals surface area contributed by atoms with Crippen molar-refractivity contribution in [2.75, 3.05) is 32.6 Å². The van der Waals surface area contributed by atoms with Crippen molar-refractivity contribution in [1.82, 2.24) is 15.5 Å². The molecular weight excluding hydrogens is 346 g/mol. The van der Waals surface area contributed by atoms with E-state index in [9.17, 15) is 0 Å². The largest absolute Gasteiger partial charge is 0.493 e. The Morgan fingerprint density at radius 2 is 2.11 bits per heavy atom. The van der Waals surface area contributed by atoms with Crippen LogP contribution < -0.4 is 20.1 Å². The number of nitrogens with one attached hydrogen (secondary N) is 2. The smallest absolute Gasteiger partial charge is 0.226 e. The first kappa shape index (κ1) is 20.5. The Bertz CT molecular complexity index is 743. The van der Waals surface area contributed by atoms with Gasteiger partial charge in [-0.3, -0.25) is 4.99 Å². The van der Waals surface area contributed by atoms with E-state index in [1.165, 1.54) is 0 Å². The SMILES string of the molecule is CCOc1cc(NC(=NC)NCCCc2nc(C(C)C)no2)ccc1OC. The maximum atomic E-state index is 5.60. The number of nitrogens with zero attached hydrogens (tertiary/aromatic N) is 3. The summed E-state index contributed by atoms with van der Waals surface area (Å²) in [7, 11) is 3.36. The third-order valence-corrected chi connectivity index (χ3v) is 3.81. The first-order valence-corrected chi connectivity index (χ1v) is 9.18. The Balaban J connectivity index is 1.84. The van der Waals surface area contributed by atoms with Gasteiger partial charge in [0.2, 0.25) is 5.89 Å². The molecule has 0 aliphatic heterocycles. The van der Waals surface area contributed by atoms with Gasteiger partial charge < -0.3 is 24.6 Å². The number of methoxy groups -OCH3 is 1. The second-order valence-corrected chi connectivity index (χ2v) is 6.23. The normalized spacial score (nSPS) is 11.6. The van der Waals surface area contributed by atoms with Crippen molar-refractivity contribution in [2.45, 2.75) is 39.5 Å². The van der Waals surface area contributed by atoms with E-state index in [4.69, 9.17) is 14.0 Å². The van der Waals surface area contributed by atoms with Crippen LogP contribution in [-0.4, -0.2) is 43.4 Å². The molecule has 0 aliphatic rings. The summed E-state index contributed by atoms with van der Waals surface area (Å²) in [5.74, 6) is 3.76. The molecule has 0 radical (unpaired) electrons. The van der Waals surface area contributed by atoms with E-state index in [-0.39, 0.29) is 5.92 Å². The molecule has 0 atom stereocenters. The molecule has 0 aliphatic carbocycles. The Morgan fingerprint density at radius 1 is 1.30 bits per heavy atom. The van der Waals surface area contributed by atoms with Crippen molar-refractivity contribution >= 4 is 11.6 Å². The van der Waals surface area contributed by atoms with Gasteiger partial charge in [-0.2, -0.15) is 4.98 Å². The lowest BCUT2D eigenvalue weighted by atomic mass is 10.2. The number of benzene rings is 1. The van der Waals surface area contributed by atoms with E-state index in [2.05, 4.69) is 25.8 Å². The number of aryl methyl sites for hydroxylation is 1. The Hall–Kier alpha value is -2.77. The lowest BCUT2D eigenvalue weighted by molar-refractivity contribution is 0.311. The van der Waals surface area contributed by atoms with E-state index >= 15 is 0 Å². The van der Waals surface area contributed by atoms with Gasteiger partial charge in [-0.1, -0.05) is 19.0 Å². The van der Waals surface area contributed by atoms with Crippen LogP contribution in [0.5, 0.6) is 11.5 Å². The summed E-state index contributed by atoms with van der Waals surface area (Å²) in [4.78, 5) is 8.63. The van der Waals surface area contributed by atoms with Crippen LogP contribution in [0.1, 0.15) is 44.8 Å². The molecule has 0 unspecified atom stereocenters. The average molecular weight is 375 g/mol. The molecule has 1 heterocycles. The third-order valence-electron chi connectivity index (χ3n) is 3.81. The van der Waals surface area contributed by atoms with Crippen LogP contribution >= 0.6 is 0 Å². The predicted octanol–water partition coefficient (Wildman–Crippen LogP) is 3.22. The first-order valence-electron chi connectivity index (χ1n) is 9.18. The monoisotopic (exact) mass is 375 g/mol. The number of hydrogen-bond donors (Lipinski definition) is 2. The topological polar surface area (TPSA) is 93.8 Å². The molecule has 0 amide bonds. The van der Waals surface area contributed by atoms with Crippen LogP contribution in [0.15, 0.2) is 27.7 Å². The highest BCUT2D eigenvalue weighted by molar-refractivity contribution is 5.93. The summed E-state index contributed by atoms with van der Waals surface area (Å²) in [5, 5.41) is 10.5. The molecule has 0 fully saturated rings. The van der Waals surface area contributed by atoms with Crippen LogP contribution in [0.3, 0.4) is 0 Å². The maximum Gasteiger partial charge on any atom is 0.226 e. The van der Waals surface area contributed by atoms with Gasteiger partial charge in [0.15, 0.2) is 23.3 Å². The number of aliphatic imine (C=N–C) groups is 1. The molecule has 8 heteroatoms. The lowest BCUT2D eigenvalue weighted by Gasteiger charge is -2.14. The van der Waals surface area contributed by atoms with E-state index in [1.807, 2.05) is 39.0 Å². The summed E-state index contributed by atoms with van der Waals surface area (Å²) in [6, 6.07) is 5.67. The summed E-state index contributed by atoms with van der Waals surface area (Å²) >= 11 is 0. The fraction of sp³-hybridized carbons (Fsp3) is 0.526. The summed E-state index contributed by atoms with van der Waals surface area (Å²) in [6.45, 7) is 7.33. The molecule has 2 aromatic rings. The third kappa shape index (κ3) is 6.16. The number of aromatic nitrogens is 2. The summed E-state index contributed by atoms with van der Waals surface area (Å²) in [6.07, 6.45) is 1.58. The van der Waals surface area contributed by atoms with Crippen LogP contribution in [0.25, 0.3) is 0 Å². The molecule has 1 aromatic heterocycles. The Labute approximate surface area is 160 Å². The van der Waals surface area contributed by atoms with Gasteiger partial charge in [-0.05, 0) is 25.5 Å². The average Bonchev–Trinajstić information content (AvgIpc) is 3.14. The van der Waals surface area contributed by atoms with Crippen molar-refractivity contribution in [2.24, 2.45) is 4.99 Å². The number of anilines is 1. The van der Waals surface area contributed by atoms with Gasteiger partial charge in [0.25, 0.3) is 0 Å². The van der Waals surface area contributed by atoms with Crippen molar-refractivity contribution in [1.29, 1.82) is 0 Å². The second-order valence-electron chi connectivity index (χ2n) is 6.23. The fourth-order valence-electron chi connectivity index (χ4n) is 2.39. The minimum absolute atomic E-state index is 0.273. The molecule has 0 saturated carbocycles. The van der Waals surface area contributed by atoms with Crippen molar-refractivity contribution in [3.63, 3.8) is 0 Å². The standard InChI is InChI=1S/C19H29N5O3/c1-6-26-16-12-14(9-10-15(16)25-5)22-19(20-4)21-11-7-8-17-23-18(13(2)3)24-27-17/h9-10,12-13H,6-8,11H2,1-5H3,(H2,20,21,22). The maximum absolute atomic E-state index is 5.60. The number of guanidine groups is 1. The highest BCUT2D eigenvalue weighted by Gasteiger charge is 2.10. The summed E-state index contributed by atoms with van der Waals surface area (Å²) in [5.41, 5.74) is 0.867. The van der Waals surface area contributed by atoms with Gasteiger partial charge in [-0.25, -0.2) is 0 Å². The van der Waals surface area contributed by atoms with Crippen molar-refractivity contribution in [3.05, 3.63) is 29.9 Å². The van der Waals surface area contributed by atoms with E-state index in [1.54, 1.807) is 14.2 Å². The van der Waals surface area contributed by atoms with Crippen LogP contribution in [0.2, 0.25) is 0 Å². The fourth-order valence-corrected chi connectivity index (χ4v) is 2.39. The zero-order valence-corrected chi connectivity index (χ0v) is 16.7. The first-order chi connectivity index (χ1) is 13.1. The lowest BCUT2D eigenvalue weighted by Crippen LogP contribution is -2.31. The van der Waals surface area contributed by atoms with Crippen LogP contribution in [0, 0.1) is 0 Å². The van der Waals surface area contributed by atoms with Gasteiger partial charge in [-0.15, -0.1) is 0 Å². The van der Waals surface area contributed by atoms with Crippen LogP contribution in [-0.2, 0) is 6.42 Å². The van der Waals surface area contributed by atoms with Gasteiger partial charge >= 0.3 is 0 Å². The Kier molecular flexibility index (Phi) is 7.91. The zero-order valence-electron chi connectivity index (χ0n) is 16.7. The second kappa shape index (κ2) is 10.4. The molecule has 0 bridgehead atoms. The van der Waals surface area contributed by atoms with E-state index < -0.39 is 0 Å². The highest BCUT2D eigenvalue weighted by Crippen LogP contribution is 2.30. The summed E-state index contributed by atoms with van der Waals surface area (Å²) < 4.78 is 16.2. The van der Waals surface area contributed by atoms with Crippen molar-refractivity contribution in [3.8, 4) is 11.5 Å². The van der Waals surface area contributed by atoms with Gasteiger partial charge in [0.1, 0.15) is 0 Å². The minimum atomic E-state index is 0.273. The van der Waals surface area contributed by atoms with E-state index in [0.717, 1.165) is 30.9 Å². The van der Waals surface area contributed by atoms with Gasteiger partial charge in [0, 0.05) is 37.7 Å². The van der Waals surface area contributed by atoms with E-state index in [0.29, 0.717) is 30.0 Å². The molecule has 2 N–H and O–H groups in total. The number of ether oxygens (including phenoxy) is 2.